The Hall–Kier alpha value is -1.74. The lowest BCUT2D eigenvalue weighted by Gasteiger charge is -2.07. The Morgan fingerprint density at radius 1 is 1.30 bits per heavy atom. The van der Waals surface area contributed by atoms with E-state index < -0.39 is 33.1 Å². The normalized spacial score (nSPS) is 11.5. The maximum absolute atomic E-state index is 13.3. The van der Waals surface area contributed by atoms with Gasteiger partial charge in [0, 0.05) is 4.47 Å². The molecule has 0 bridgehead atoms. The van der Waals surface area contributed by atoms with Gasteiger partial charge < -0.3 is 5.73 Å². The Balaban J connectivity index is 2.43. The molecule has 2 N–H and O–H groups in total. The summed E-state index contributed by atoms with van der Waals surface area (Å²) in [6.45, 7) is 0. The van der Waals surface area contributed by atoms with E-state index in [0.29, 0.717) is 11.8 Å². The van der Waals surface area contributed by atoms with E-state index in [2.05, 4.69) is 20.9 Å². The molecule has 0 saturated carbocycles. The van der Waals surface area contributed by atoms with Crippen LogP contribution < -0.4 is 11.4 Å². The molecule has 0 fully saturated rings. The van der Waals surface area contributed by atoms with Crippen LogP contribution in [-0.2, 0) is 15.8 Å². The van der Waals surface area contributed by atoms with E-state index in [-0.39, 0.29) is 3.97 Å². The van der Waals surface area contributed by atoms with Crippen LogP contribution in [0.4, 0.5) is 10.2 Å². The fourth-order valence-electron chi connectivity index (χ4n) is 1.49. The summed E-state index contributed by atoms with van der Waals surface area (Å²) in [6, 6.07) is 6.48. The van der Waals surface area contributed by atoms with Crippen LogP contribution >= 0.6 is 15.9 Å². The van der Waals surface area contributed by atoms with E-state index in [4.69, 9.17) is 5.73 Å². The maximum Gasteiger partial charge on any atom is 0.363 e. The van der Waals surface area contributed by atoms with Gasteiger partial charge in [-0.05, 0) is 17.7 Å². The Kier molecular flexibility index (Phi) is 3.91. The fourth-order valence-corrected chi connectivity index (χ4v) is 3.04. The number of nitrogens with zero attached hydrogens (tertiary/aromatic N) is 2. The largest absolute Gasteiger partial charge is 0.381 e. The van der Waals surface area contributed by atoms with Gasteiger partial charge in [-0.15, -0.1) is 0 Å². The predicted octanol–water partition coefficient (Wildman–Crippen LogP) is 1.11. The third-order valence-corrected chi connectivity index (χ3v) is 4.53. The van der Waals surface area contributed by atoms with Crippen LogP contribution in [0.15, 0.2) is 39.7 Å². The molecule has 0 aliphatic heterocycles. The summed E-state index contributed by atoms with van der Waals surface area (Å²) in [6.07, 6.45) is 0.527. The summed E-state index contributed by atoms with van der Waals surface area (Å²) in [7, 11) is -4.07. The molecule has 0 amide bonds. The minimum atomic E-state index is -4.07. The van der Waals surface area contributed by atoms with Crippen molar-refractivity contribution in [2.45, 2.75) is 5.75 Å². The first-order valence-electron chi connectivity index (χ1n) is 5.32. The summed E-state index contributed by atoms with van der Waals surface area (Å²) in [4.78, 5) is 14.6. The zero-order valence-electron chi connectivity index (χ0n) is 9.95. The summed E-state index contributed by atoms with van der Waals surface area (Å²) in [5, 5.41) is 0. The number of halogens is 2. The van der Waals surface area contributed by atoms with Crippen LogP contribution in [0.1, 0.15) is 5.56 Å². The molecule has 1 heterocycles. The molecule has 9 heteroatoms. The zero-order valence-corrected chi connectivity index (χ0v) is 12.4. The molecule has 1 aromatic carbocycles. The molecule has 20 heavy (non-hydrogen) atoms. The molecule has 2 aromatic rings. The van der Waals surface area contributed by atoms with E-state index in [1.165, 1.54) is 0 Å². The van der Waals surface area contributed by atoms with Crippen molar-refractivity contribution in [3.05, 3.63) is 56.8 Å². The number of hydrogen-bond acceptors (Lipinski definition) is 5. The van der Waals surface area contributed by atoms with Gasteiger partial charge in [0.1, 0.15) is 0 Å². The van der Waals surface area contributed by atoms with Crippen LogP contribution in [-0.4, -0.2) is 17.4 Å². The number of anilines is 1. The molecule has 0 aliphatic rings. The molecule has 6 nitrogen and oxygen atoms in total. The quantitative estimate of drug-likeness (QED) is 0.883. The molecular formula is C11H9BrFN3O3S. The highest BCUT2D eigenvalue weighted by atomic mass is 79.9. The summed E-state index contributed by atoms with van der Waals surface area (Å²) < 4.78 is 38.5. The van der Waals surface area contributed by atoms with Gasteiger partial charge in [-0.1, -0.05) is 28.1 Å². The molecule has 0 unspecified atom stereocenters. The highest BCUT2D eigenvalue weighted by Gasteiger charge is 2.18. The van der Waals surface area contributed by atoms with E-state index in [1.54, 1.807) is 24.3 Å². The first-order chi connectivity index (χ1) is 9.29. The van der Waals surface area contributed by atoms with Crippen molar-refractivity contribution in [3.63, 3.8) is 0 Å². The third kappa shape index (κ3) is 3.05. The number of nitrogens with two attached hydrogens (primary N) is 1. The van der Waals surface area contributed by atoms with E-state index >= 15 is 0 Å². The van der Waals surface area contributed by atoms with Crippen LogP contribution in [0.2, 0.25) is 0 Å². The van der Waals surface area contributed by atoms with Gasteiger partial charge in [-0.3, -0.25) is 0 Å². The Bertz CT molecular complexity index is 803. The monoisotopic (exact) mass is 361 g/mol. The second kappa shape index (κ2) is 5.33. The predicted molar refractivity (Wildman–Crippen MR) is 75.0 cm³/mol. The standard InChI is InChI=1S/C11H9BrFN3O3S/c12-8-3-1-7(2-4-8)6-20(18,19)16-5-9(13)10(14)15-11(16)17/h1-5H,6H2,(H2,14,15,17). The Labute approximate surface area is 122 Å². The van der Waals surface area contributed by atoms with E-state index in [0.717, 1.165) is 4.47 Å². The first kappa shape index (κ1) is 14.7. The average molecular weight is 362 g/mol. The molecule has 1 aromatic heterocycles. The van der Waals surface area contributed by atoms with Gasteiger partial charge in [-0.25, -0.2) is 17.6 Å². The van der Waals surface area contributed by atoms with Gasteiger partial charge in [0.05, 0.1) is 11.9 Å². The SMILES string of the molecule is Nc1nc(=O)n(S(=O)(=O)Cc2ccc(Br)cc2)cc1F. The number of hydrogen-bond donors (Lipinski definition) is 1. The lowest BCUT2D eigenvalue weighted by molar-refractivity contribution is 0.571. The average Bonchev–Trinajstić information content (AvgIpc) is 2.36. The van der Waals surface area contributed by atoms with Crippen molar-refractivity contribution < 1.29 is 12.8 Å². The number of benzene rings is 1. The number of aromatic nitrogens is 2. The lowest BCUT2D eigenvalue weighted by Crippen LogP contribution is -2.31. The van der Waals surface area contributed by atoms with Crippen molar-refractivity contribution in [1.29, 1.82) is 0 Å². The smallest absolute Gasteiger partial charge is 0.363 e. The molecule has 106 valence electrons. The maximum atomic E-state index is 13.3. The van der Waals surface area contributed by atoms with Crippen LogP contribution in [0.25, 0.3) is 0 Å². The van der Waals surface area contributed by atoms with Gasteiger partial charge in [0.2, 0.25) is 10.0 Å². The van der Waals surface area contributed by atoms with Crippen molar-refractivity contribution in [3.8, 4) is 0 Å². The van der Waals surface area contributed by atoms with Crippen LogP contribution in [0, 0.1) is 5.82 Å². The van der Waals surface area contributed by atoms with Gasteiger partial charge >= 0.3 is 5.69 Å². The van der Waals surface area contributed by atoms with Crippen molar-refractivity contribution in [2.75, 3.05) is 5.73 Å². The Morgan fingerprint density at radius 3 is 2.50 bits per heavy atom. The van der Waals surface area contributed by atoms with Gasteiger partial charge in [0.15, 0.2) is 11.6 Å². The molecule has 0 atom stereocenters. The number of nitrogen functional groups attached to an aromatic ring is 1. The number of rotatable bonds is 3. The molecule has 0 radical (unpaired) electrons. The minimum absolute atomic E-state index is 0.251. The first-order valence-corrected chi connectivity index (χ1v) is 7.72. The molecule has 0 saturated heterocycles. The van der Waals surface area contributed by atoms with Gasteiger partial charge in [0.25, 0.3) is 0 Å². The lowest BCUT2D eigenvalue weighted by atomic mass is 10.2. The molecule has 0 spiro atoms. The van der Waals surface area contributed by atoms with Gasteiger partial charge in [-0.2, -0.15) is 8.96 Å². The van der Waals surface area contributed by atoms with Crippen LogP contribution in [0.5, 0.6) is 0 Å². The minimum Gasteiger partial charge on any atom is -0.381 e. The van der Waals surface area contributed by atoms with E-state index in [9.17, 15) is 17.6 Å². The highest BCUT2D eigenvalue weighted by molar-refractivity contribution is 9.10. The van der Waals surface area contributed by atoms with Crippen molar-refractivity contribution >= 4 is 31.8 Å². The molecule has 2 rings (SSSR count). The fraction of sp³-hybridized carbons (Fsp3) is 0.0909. The molecular weight excluding hydrogens is 353 g/mol. The van der Waals surface area contributed by atoms with Crippen molar-refractivity contribution in [1.82, 2.24) is 8.96 Å². The Morgan fingerprint density at radius 2 is 1.90 bits per heavy atom. The summed E-state index contributed by atoms with van der Waals surface area (Å²) in [5.74, 6) is -2.15. The zero-order chi connectivity index (χ0) is 14.9. The second-order valence-electron chi connectivity index (χ2n) is 3.94. The summed E-state index contributed by atoms with van der Waals surface area (Å²) in [5.41, 5.74) is 4.42. The highest BCUT2D eigenvalue weighted by Crippen LogP contribution is 2.14. The van der Waals surface area contributed by atoms with Crippen molar-refractivity contribution in [2.24, 2.45) is 0 Å². The topological polar surface area (TPSA) is 95.0 Å². The third-order valence-electron chi connectivity index (χ3n) is 2.44. The summed E-state index contributed by atoms with van der Waals surface area (Å²) >= 11 is 3.22. The van der Waals surface area contributed by atoms with E-state index in [1.807, 2.05) is 0 Å². The molecule has 0 aliphatic carbocycles. The second-order valence-corrected chi connectivity index (χ2v) is 6.70. The van der Waals surface area contributed by atoms with Crippen LogP contribution in [0.3, 0.4) is 0 Å².